The summed E-state index contributed by atoms with van der Waals surface area (Å²) >= 11 is 0. The quantitative estimate of drug-likeness (QED) is 0.408. The van der Waals surface area contributed by atoms with Crippen molar-refractivity contribution in [3.63, 3.8) is 0 Å². The van der Waals surface area contributed by atoms with E-state index in [4.69, 9.17) is 5.11 Å². The van der Waals surface area contributed by atoms with Gasteiger partial charge in [0.25, 0.3) is 0 Å². The summed E-state index contributed by atoms with van der Waals surface area (Å²) in [5.74, 6) is 0.314. The molecule has 0 atom stereocenters. The first kappa shape index (κ1) is 19.7. The first-order valence-electron chi connectivity index (χ1n) is 9.05. The first-order valence-corrected chi connectivity index (χ1v) is 10.9. The molecule has 2 aromatic carbocycles. The standard InChI is InChI=1S/C19H19N7O3S/c1-30(28,29)24-15-6-3-5-14(11-15)21-19-20-12-17-18(22-19)26(25-23-17)16-7-2-4-13(10-16)8-9-27/h2-7,10-12,24,27H,8-9H2,1H3,(H,20,21,22). The van der Waals surface area contributed by atoms with Gasteiger partial charge in [-0.05, 0) is 42.3 Å². The lowest BCUT2D eigenvalue weighted by Crippen LogP contribution is -2.09. The molecule has 0 saturated carbocycles. The van der Waals surface area contributed by atoms with Crippen LogP contribution in [0, 0.1) is 0 Å². The van der Waals surface area contributed by atoms with Crippen LogP contribution in [0.5, 0.6) is 0 Å². The lowest BCUT2D eigenvalue weighted by molar-refractivity contribution is 0.299. The maximum Gasteiger partial charge on any atom is 0.229 e. The average molecular weight is 425 g/mol. The molecular formula is C19H19N7O3S. The van der Waals surface area contributed by atoms with Crippen molar-refractivity contribution in [3.8, 4) is 5.69 Å². The van der Waals surface area contributed by atoms with Crippen LogP contribution < -0.4 is 10.0 Å². The number of sulfonamides is 1. The average Bonchev–Trinajstić information content (AvgIpc) is 3.11. The summed E-state index contributed by atoms with van der Waals surface area (Å²) in [6.45, 7) is 0.0606. The number of hydrogen-bond acceptors (Lipinski definition) is 8. The number of nitrogens with one attached hydrogen (secondary N) is 2. The van der Waals surface area contributed by atoms with Gasteiger partial charge in [0.1, 0.15) is 0 Å². The van der Waals surface area contributed by atoms with E-state index in [-0.39, 0.29) is 6.61 Å². The molecule has 0 aliphatic carbocycles. The minimum Gasteiger partial charge on any atom is -0.396 e. The molecule has 2 aromatic heterocycles. The van der Waals surface area contributed by atoms with Gasteiger partial charge in [-0.2, -0.15) is 9.67 Å². The van der Waals surface area contributed by atoms with Crippen molar-refractivity contribution in [3.05, 3.63) is 60.3 Å². The summed E-state index contributed by atoms with van der Waals surface area (Å²) in [6.07, 6.45) is 3.19. The molecule has 0 aliphatic heterocycles. The summed E-state index contributed by atoms with van der Waals surface area (Å²) < 4.78 is 26.9. The van der Waals surface area contributed by atoms with E-state index < -0.39 is 10.0 Å². The monoisotopic (exact) mass is 425 g/mol. The van der Waals surface area contributed by atoms with E-state index in [1.54, 1.807) is 35.1 Å². The maximum atomic E-state index is 11.4. The highest BCUT2D eigenvalue weighted by Gasteiger charge is 2.11. The third-order valence-corrected chi connectivity index (χ3v) is 4.78. The Balaban J connectivity index is 1.65. The van der Waals surface area contributed by atoms with Crippen molar-refractivity contribution < 1.29 is 13.5 Å². The molecule has 0 radical (unpaired) electrons. The van der Waals surface area contributed by atoms with Gasteiger partial charge in [0, 0.05) is 12.3 Å². The molecule has 0 unspecified atom stereocenters. The van der Waals surface area contributed by atoms with Crippen molar-refractivity contribution in [1.29, 1.82) is 0 Å². The Bertz CT molecular complexity index is 1300. The Kier molecular flexibility index (Phi) is 5.29. The van der Waals surface area contributed by atoms with Crippen LogP contribution in [0.4, 0.5) is 17.3 Å². The third-order valence-electron chi connectivity index (χ3n) is 4.17. The fourth-order valence-electron chi connectivity index (χ4n) is 2.94. The van der Waals surface area contributed by atoms with E-state index in [0.29, 0.717) is 34.9 Å². The van der Waals surface area contributed by atoms with Crippen LogP contribution >= 0.6 is 0 Å². The third kappa shape index (κ3) is 4.53. The van der Waals surface area contributed by atoms with Gasteiger partial charge < -0.3 is 10.4 Å². The molecule has 2 heterocycles. The van der Waals surface area contributed by atoms with Gasteiger partial charge in [-0.1, -0.05) is 23.4 Å². The molecule has 4 rings (SSSR count). The molecule has 0 fully saturated rings. The molecule has 154 valence electrons. The Labute approximate surface area is 172 Å². The Hall–Kier alpha value is -3.57. The zero-order valence-electron chi connectivity index (χ0n) is 16.0. The number of anilines is 3. The lowest BCUT2D eigenvalue weighted by Gasteiger charge is -2.08. The predicted molar refractivity (Wildman–Crippen MR) is 113 cm³/mol. The van der Waals surface area contributed by atoms with Crippen LogP contribution in [-0.2, 0) is 16.4 Å². The Morgan fingerprint density at radius 1 is 1.10 bits per heavy atom. The molecular weight excluding hydrogens is 406 g/mol. The highest BCUT2D eigenvalue weighted by molar-refractivity contribution is 7.92. The van der Waals surface area contributed by atoms with Crippen LogP contribution in [-0.4, -0.2) is 51.3 Å². The number of benzene rings is 2. The van der Waals surface area contributed by atoms with E-state index in [1.165, 1.54) is 0 Å². The zero-order valence-corrected chi connectivity index (χ0v) is 16.8. The van der Waals surface area contributed by atoms with Crippen LogP contribution in [0.25, 0.3) is 16.9 Å². The summed E-state index contributed by atoms with van der Waals surface area (Å²) in [5, 5.41) is 20.5. The summed E-state index contributed by atoms with van der Waals surface area (Å²) in [7, 11) is -3.38. The number of aliphatic hydroxyl groups is 1. The molecule has 0 amide bonds. The Morgan fingerprint density at radius 3 is 2.70 bits per heavy atom. The van der Waals surface area contributed by atoms with Crippen LogP contribution in [0.3, 0.4) is 0 Å². The minimum absolute atomic E-state index is 0.0606. The number of aliphatic hydroxyl groups excluding tert-OH is 1. The number of rotatable bonds is 7. The number of nitrogens with zero attached hydrogens (tertiary/aromatic N) is 5. The summed E-state index contributed by atoms with van der Waals surface area (Å²) in [6, 6.07) is 14.4. The zero-order chi connectivity index (χ0) is 21.1. The van der Waals surface area contributed by atoms with Gasteiger partial charge in [-0.15, -0.1) is 5.10 Å². The van der Waals surface area contributed by atoms with Gasteiger partial charge in [0.15, 0.2) is 11.2 Å². The Morgan fingerprint density at radius 2 is 1.90 bits per heavy atom. The highest BCUT2D eigenvalue weighted by atomic mass is 32.2. The second-order valence-electron chi connectivity index (χ2n) is 6.63. The maximum absolute atomic E-state index is 11.4. The van der Waals surface area contributed by atoms with Crippen LogP contribution in [0.15, 0.2) is 54.7 Å². The van der Waals surface area contributed by atoms with Gasteiger partial charge in [0.05, 0.1) is 23.8 Å². The van der Waals surface area contributed by atoms with Crippen molar-refractivity contribution in [2.75, 3.05) is 22.9 Å². The lowest BCUT2D eigenvalue weighted by atomic mass is 10.1. The van der Waals surface area contributed by atoms with E-state index in [2.05, 4.69) is 30.3 Å². The van der Waals surface area contributed by atoms with E-state index >= 15 is 0 Å². The van der Waals surface area contributed by atoms with Crippen molar-refractivity contribution >= 4 is 38.5 Å². The molecule has 10 nitrogen and oxygen atoms in total. The minimum atomic E-state index is -3.38. The molecule has 4 aromatic rings. The molecule has 0 spiro atoms. The predicted octanol–water partition coefficient (Wildman–Crippen LogP) is 1.86. The largest absolute Gasteiger partial charge is 0.396 e. The van der Waals surface area contributed by atoms with Crippen molar-refractivity contribution in [2.24, 2.45) is 0 Å². The van der Waals surface area contributed by atoms with Crippen LogP contribution in [0.1, 0.15) is 5.56 Å². The first-order chi connectivity index (χ1) is 14.4. The normalized spacial score (nSPS) is 11.5. The molecule has 30 heavy (non-hydrogen) atoms. The SMILES string of the molecule is CS(=O)(=O)Nc1cccc(Nc2ncc3nnn(-c4cccc(CCO)c4)c3n2)c1. The van der Waals surface area contributed by atoms with Crippen LogP contribution in [0.2, 0.25) is 0 Å². The van der Waals surface area contributed by atoms with E-state index in [9.17, 15) is 8.42 Å². The van der Waals surface area contributed by atoms with Gasteiger partial charge in [0.2, 0.25) is 16.0 Å². The number of hydrogen-bond donors (Lipinski definition) is 3. The van der Waals surface area contributed by atoms with E-state index in [0.717, 1.165) is 17.5 Å². The topological polar surface area (TPSA) is 135 Å². The molecule has 0 saturated heterocycles. The second-order valence-corrected chi connectivity index (χ2v) is 8.38. The molecule has 0 aliphatic rings. The van der Waals surface area contributed by atoms with Crippen molar-refractivity contribution in [1.82, 2.24) is 25.0 Å². The molecule has 11 heteroatoms. The number of aromatic nitrogens is 5. The van der Waals surface area contributed by atoms with Gasteiger partial charge in [-0.3, -0.25) is 4.72 Å². The van der Waals surface area contributed by atoms with Crippen molar-refractivity contribution in [2.45, 2.75) is 6.42 Å². The molecule has 3 N–H and O–H groups in total. The fourth-order valence-corrected chi connectivity index (χ4v) is 3.49. The smallest absolute Gasteiger partial charge is 0.229 e. The summed E-state index contributed by atoms with van der Waals surface area (Å²) in [5.41, 5.74) is 3.83. The number of fused-ring (bicyclic) bond motifs is 1. The van der Waals surface area contributed by atoms with E-state index in [1.807, 2.05) is 24.3 Å². The summed E-state index contributed by atoms with van der Waals surface area (Å²) in [4.78, 5) is 8.77. The highest BCUT2D eigenvalue weighted by Crippen LogP contribution is 2.21. The second kappa shape index (κ2) is 8.05. The molecule has 0 bridgehead atoms. The van der Waals surface area contributed by atoms with Gasteiger partial charge >= 0.3 is 0 Å². The fraction of sp³-hybridized carbons (Fsp3) is 0.158. The van der Waals surface area contributed by atoms with Gasteiger partial charge in [-0.25, -0.2) is 13.4 Å².